The van der Waals surface area contributed by atoms with Crippen LogP contribution in [-0.2, 0) is 0 Å². The maximum absolute atomic E-state index is 12.1. The van der Waals surface area contributed by atoms with Crippen molar-refractivity contribution in [3.63, 3.8) is 0 Å². The zero-order chi connectivity index (χ0) is 14.0. The Kier molecular flexibility index (Phi) is 4.34. The molecule has 6 heteroatoms. The van der Waals surface area contributed by atoms with Crippen LogP contribution in [0.5, 0.6) is 0 Å². The van der Waals surface area contributed by atoms with Gasteiger partial charge in [0.2, 0.25) is 0 Å². The van der Waals surface area contributed by atoms with Crippen LogP contribution in [0.15, 0.2) is 40.9 Å². The molecule has 0 heterocycles. The normalized spacial score (nSPS) is 10.3. The standard InChI is InChI=1S/C13H9BrCl2N2O/c14-9-5-7(1-3-11(9)17)13(19)18-12-4-2-8(15)6-10(12)16/h1-6H,17H2,(H,18,19). The van der Waals surface area contributed by atoms with E-state index < -0.39 is 0 Å². The van der Waals surface area contributed by atoms with E-state index in [-0.39, 0.29) is 5.91 Å². The van der Waals surface area contributed by atoms with Crippen molar-refractivity contribution in [2.75, 3.05) is 11.1 Å². The molecular weight excluding hydrogens is 351 g/mol. The van der Waals surface area contributed by atoms with Gasteiger partial charge >= 0.3 is 0 Å². The summed E-state index contributed by atoms with van der Waals surface area (Å²) < 4.78 is 0.669. The Labute approximate surface area is 128 Å². The van der Waals surface area contributed by atoms with Crippen molar-refractivity contribution in [3.8, 4) is 0 Å². The predicted molar refractivity (Wildman–Crippen MR) is 83.0 cm³/mol. The van der Waals surface area contributed by atoms with Crippen molar-refractivity contribution in [1.82, 2.24) is 0 Å². The van der Waals surface area contributed by atoms with Gasteiger partial charge in [-0.05, 0) is 52.3 Å². The number of nitrogen functional groups attached to an aromatic ring is 1. The molecule has 0 spiro atoms. The summed E-state index contributed by atoms with van der Waals surface area (Å²) in [6.45, 7) is 0. The van der Waals surface area contributed by atoms with Gasteiger partial charge in [-0.3, -0.25) is 4.79 Å². The molecule has 2 aromatic rings. The van der Waals surface area contributed by atoms with Gasteiger partial charge in [-0.25, -0.2) is 0 Å². The van der Waals surface area contributed by atoms with Gasteiger partial charge in [-0.2, -0.15) is 0 Å². The summed E-state index contributed by atoms with van der Waals surface area (Å²) in [6, 6.07) is 9.81. The molecule has 0 bridgehead atoms. The number of hydrogen-bond acceptors (Lipinski definition) is 2. The molecule has 19 heavy (non-hydrogen) atoms. The molecule has 0 atom stereocenters. The van der Waals surface area contributed by atoms with Gasteiger partial charge in [0.15, 0.2) is 0 Å². The van der Waals surface area contributed by atoms with Crippen LogP contribution in [-0.4, -0.2) is 5.91 Å². The molecule has 0 unspecified atom stereocenters. The molecule has 2 rings (SSSR count). The van der Waals surface area contributed by atoms with Gasteiger partial charge in [0.1, 0.15) is 0 Å². The molecule has 0 aliphatic carbocycles. The maximum atomic E-state index is 12.1. The number of carbonyl (C=O) groups is 1. The Hall–Kier alpha value is -1.23. The second kappa shape index (κ2) is 5.82. The molecule has 0 aliphatic rings. The van der Waals surface area contributed by atoms with E-state index in [1.54, 1.807) is 36.4 Å². The van der Waals surface area contributed by atoms with Crippen LogP contribution in [0.2, 0.25) is 10.0 Å². The van der Waals surface area contributed by atoms with E-state index in [4.69, 9.17) is 28.9 Å². The zero-order valence-corrected chi connectivity index (χ0v) is 12.7. The number of amides is 1. The van der Waals surface area contributed by atoms with Crippen molar-refractivity contribution < 1.29 is 4.79 Å². The second-order valence-corrected chi connectivity index (χ2v) is 5.51. The lowest BCUT2D eigenvalue weighted by atomic mass is 10.2. The fourth-order valence-electron chi connectivity index (χ4n) is 1.45. The monoisotopic (exact) mass is 358 g/mol. The Morgan fingerprint density at radius 3 is 2.53 bits per heavy atom. The highest BCUT2D eigenvalue weighted by Crippen LogP contribution is 2.26. The summed E-state index contributed by atoms with van der Waals surface area (Å²) in [6.07, 6.45) is 0. The number of anilines is 2. The number of benzene rings is 2. The first-order chi connectivity index (χ1) is 8.97. The lowest BCUT2D eigenvalue weighted by Gasteiger charge is -2.08. The number of rotatable bonds is 2. The molecule has 0 aliphatic heterocycles. The fraction of sp³-hybridized carbons (Fsp3) is 0. The van der Waals surface area contributed by atoms with Crippen LogP contribution >= 0.6 is 39.1 Å². The Balaban J connectivity index is 2.23. The van der Waals surface area contributed by atoms with Crippen LogP contribution in [0.3, 0.4) is 0 Å². The minimum Gasteiger partial charge on any atom is -0.398 e. The Morgan fingerprint density at radius 1 is 1.16 bits per heavy atom. The van der Waals surface area contributed by atoms with Crippen LogP contribution < -0.4 is 11.1 Å². The van der Waals surface area contributed by atoms with Gasteiger partial charge in [0.05, 0.1) is 10.7 Å². The minimum atomic E-state index is -0.273. The van der Waals surface area contributed by atoms with Gasteiger partial charge in [0.25, 0.3) is 5.91 Å². The predicted octanol–water partition coefficient (Wildman–Crippen LogP) is 4.59. The van der Waals surface area contributed by atoms with E-state index in [1.807, 2.05) is 0 Å². The molecule has 0 radical (unpaired) electrons. The van der Waals surface area contributed by atoms with Crippen molar-refractivity contribution in [2.45, 2.75) is 0 Å². The number of nitrogens with one attached hydrogen (secondary N) is 1. The lowest BCUT2D eigenvalue weighted by Crippen LogP contribution is -2.12. The van der Waals surface area contributed by atoms with Crippen LogP contribution in [0, 0.1) is 0 Å². The summed E-state index contributed by atoms with van der Waals surface area (Å²) in [4.78, 5) is 12.1. The SMILES string of the molecule is Nc1ccc(C(=O)Nc2ccc(Cl)cc2Cl)cc1Br. The summed E-state index contributed by atoms with van der Waals surface area (Å²) in [7, 11) is 0. The van der Waals surface area contributed by atoms with E-state index in [0.717, 1.165) is 0 Å². The molecule has 0 saturated heterocycles. The highest BCUT2D eigenvalue weighted by Gasteiger charge is 2.10. The molecule has 0 saturated carbocycles. The van der Waals surface area contributed by atoms with E-state index in [2.05, 4.69) is 21.2 Å². The molecule has 1 amide bonds. The average molecular weight is 360 g/mol. The smallest absolute Gasteiger partial charge is 0.255 e. The second-order valence-electron chi connectivity index (χ2n) is 3.81. The number of nitrogens with two attached hydrogens (primary N) is 1. The lowest BCUT2D eigenvalue weighted by molar-refractivity contribution is 0.102. The molecule has 3 nitrogen and oxygen atoms in total. The summed E-state index contributed by atoms with van der Waals surface area (Å²) >= 11 is 15.1. The molecule has 3 N–H and O–H groups in total. The van der Waals surface area contributed by atoms with Gasteiger partial charge in [-0.15, -0.1) is 0 Å². The van der Waals surface area contributed by atoms with E-state index in [1.165, 1.54) is 0 Å². The first-order valence-corrected chi connectivity index (χ1v) is 6.83. The molecule has 0 aromatic heterocycles. The first kappa shape index (κ1) is 14.2. The molecule has 0 fully saturated rings. The van der Waals surface area contributed by atoms with Crippen LogP contribution in [0.4, 0.5) is 11.4 Å². The van der Waals surface area contributed by atoms with Crippen LogP contribution in [0.25, 0.3) is 0 Å². The third-order valence-corrected chi connectivity index (χ3v) is 3.68. The number of hydrogen-bond donors (Lipinski definition) is 2. The fourth-order valence-corrected chi connectivity index (χ4v) is 2.29. The number of halogens is 3. The summed E-state index contributed by atoms with van der Waals surface area (Å²) in [5, 5.41) is 3.61. The zero-order valence-electron chi connectivity index (χ0n) is 9.58. The van der Waals surface area contributed by atoms with Crippen molar-refractivity contribution in [2.24, 2.45) is 0 Å². The van der Waals surface area contributed by atoms with Crippen molar-refractivity contribution in [3.05, 3.63) is 56.5 Å². The van der Waals surface area contributed by atoms with Crippen LogP contribution in [0.1, 0.15) is 10.4 Å². The third-order valence-electron chi connectivity index (χ3n) is 2.44. The Morgan fingerprint density at radius 2 is 1.89 bits per heavy atom. The highest BCUT2D eigenvalue weighted by molar-refractivity contribution is 9.10. The molecule has 98 valence electrons. The topological polar surface area (TPSA) is 55.1 Å². The van der Waals surface area contributed by atoms with Crippen molar-refractivity contribution >= 4 is 56.4 Å². The number of carbonyl (C=O) groups excluding carboxylic acids is 1. The highest BCUT2D eigenvalue weighted by atomic mass is 79.9. The first-order valence-electron chi connectivity index (χ1n) is 5.29. The van der Waals surface area contributed by atoms with E-state index in [9.17, 15) is 4.79 Å². The van der Waals surface area contributed by atoms with Gasteiger partial charge < -0.3 is 11.1 Å². The molecular formula is C13H9BrCl2N2O. The summed E-state index contributed by atoms with van der Waals surface area (Å²) in [5.74, 6) is -0.273. The van der Waals surface area contributed by atoms with E-state index >= 15 is 0 Å². The van der Waals surface area contributed by atoms with Gasteiger partial charge in [0, 0.05) is 20.7 Å². The quantitative estimate of drug-likeness (QED) is 0.770. The van der Waals surface area contributed by atoms with E-state index in [0.29, 0.717) is 31.5 Å². The maximum Gasteiger partial charge on any atom is 0.255 e. The van der Waals surface area contributed by atoms with Gasteiger partial charge in [-0.1, -0.05) is 23.2 Å². The third kappa shape index (κ3) is 3.41. The molecule has 2 aromatic carbocycles. The summed E-state index contributed by atoms with van der Waals surface area (Å²) in [5.41, 5.74) is 7.22. The minimum absolute atomic E-state index is 0.273. The average Bonchev–Trinajstić information content (AvgIpc) is 2.36. The Bertz CT molecular complexity index is 647. The largest absolute Gasteiger partial charge is 0.398 e. The van der Waals surface area contributed by atoms with Crippen molar-refractivity contribution in [1.29, 1.82) is 0 Å².